The average Bonchev–Trinajstić information content (AvgIpc) is 2.50. The molecule has 150 valence electrons. The predicted molar refractivity (Wildman–Crippen MR) is 109 cm³/mol. The van der Waals surface area contributed by atoms with Crippen LogP contribution < -0.4 is 0 Å². The van der Waals surface area contributed by atoms with Gasteiger partial charge in [-0.15, -0.1) is 0 Å². The molecule has 1 saturated heterocycles. The summed E-state index contributed by atoms with van der Waals surface area (Å²) in [5.74, 6) is 2.24. The molecule has 25 heavy (non-hydrogen) atoms. The Morgan fingerprint density at radius 2 is 1.12 bits per heavy atom. The molecule has 1 unspecified atom stereocenters. The highest BCUT2D eigenvalue weighted by Gasteiger charge is 2.36. The third-order valence-corrected chi connectivity index (χ3v) is 5.74. The second kappa shape index (κ2) is 10.9. The maximum Gasteiger partial charge on any atom is 0.165 e. The summed E-state index contributed by atoms with van der Waals surface area (Å²) in [6.45, 7) is 17.7. The van der Waals surface area contributed by atoms with Crippen LogP contribution in [0.1, 0.15) is 106 Å². The molecule has 0 saturated carbocycles. The molecule has 1 heterocycles. The number of ether oxygens (including phenoxy) is 2. The molecule has 0 N–H and O–H groups in total. The van der Waals surface area contributed by atoms with Gasteiger partial charge in [0.1, 0.15) is 0 Å². The first-order valence-corrected chi connectivity index (χ1v) is 10.9. The maximum atomic E-state index is 6.01. The van der Waals surface area contributed by atoms with E-state index >= 15 is 0 Å². The zero-order valence-electron chi connectivity index (χ0n) is 18.3. The first-order chi connectivity index (χ1) is 11.6. The molecule has 0 spiro atoms. The Bertz CT molecular complexity index is 338. The van der Waals surface area contributed by atoms with Crippen LogP contribution in [0.3, 0.4) is 0 Å². The maximum absolute atomic E-state index is 6.01. The standard InChI is InChI=1S/C23H46O2/c1-19(2)11-8-12-20(3)13-9-14-21(4)15-10-16-23(7)24-17-22(5,6)18-25-23/h19-21H,8-18H2,1-7H3/t20?,21-/m0/s1. The Hall–Kier alpha value is -0.0800. The third kappa shape index (κ3) is 10.6. The largest absolute Gasteiger partial charge is 0.350 e. The van der Waals surface area contributed by atoms with Crippen molar-refractivity contribution in [3.05, 3.63) is 0 Å². The van der Waals surface area contributed by atoms with Crippen molar-refractivity contribution in [2.75, 3.05) is 13.2 Å². The molecule has 0 amide bonds. The van der Waals surface area contributed by atoms with E-state index < -0.39 is 0 Å². The summed E-state index contributed by atoms with van der Waals surface area (Å²) in [5, 5.41) is 0. The van der Waals surface area contributed by atoms with Crippen molar-refractivity contribution in [3.8, 4) is 0 Å². The number of rotatable bonds is 12. The monoisotopic (exact) mass is 354 g/mol. The van der Waals surface area contributed by atoms with Gasteiger partial charge < -0.3 is 9.47 Å². The average molecular weight is 355 g/mol. The lowest BCUT2D eigenvalue weighted by molar-refractivity contribution is -0.292. The van der Waals surface area contributed by atoms with Crippen LogP contribution in [0.5, 0.6) is 0 Å². The lowest BCUT2D eigenvalue weighted by atomic mass is 9.91. The SMILES string of the molecule is CC(C)CCCC(C)CCC[C@H](C)CCCC1(C)OCC(C)(C)CO1. The molecule has 1 rings (SSSR count). The van der Waals surface area contributed by atoms with Crippen molar-refractivity contribution < 1.29 is 9.47 Å². The quantitative estimate of drug-likeness (QED) is 0.368. The van der Waals surface area contributed by atoms with Gasteiger partial charge in [0.15, 0.2) is 5.79 Å². The molecule has 0 bridgehead atoms. The predicted octanol–water partition coefficient (Wildman–Crippen LogP) is 7.21. The fourth-order valence-electron chi connectivity index (χ4n) is 3.67. The minimum Gasteiger partial charge on any atom is -0.350 e. The number of hydrogen-bond donors (Lipinski definition) is 0. The second-order valence-corrected chi connectivity index (χ2v) is 10.2. The summed E-state index contributed by atoms with van der Waals surface area (Å²) in [4.78, 5) is 0. The molecule has 2 heteroatoms. The molecule has 0 aliphatic carbocycles. The van der Waals surface area contributed by atoms with E-state index in [4.69, 9.17) is 9.47 Å². The lowest BCUT2D eigenvalue weighted by Gasteiger charge is -2.41. The zero-order chi connectivity index (χ0) is 18.9. The summed E-state index contributed by atoms with van der Waals surface area (Å²) in [5.41, 5.74) is 0.165. The molecule has 2 nitrogen and oxygen atoms in total. The van der Waals surface area contributed by atoms with Crippen LogP contribution in [0.15, 0.2) is 0 Å². The van der Waals surface area contributed by atoms with Crippen LogP contribution in [-0.2, 0) is 9.47 Å². The van der Waals surface area contributed by atoms with E-state index in [2.05, 4.69) is 48.5 Å². The summed E-state index contributed by atoms with van der Waals surface area (Å²) in [6, 6.07) is 0. The normalized spacial score (nSPS) is 22.1. The molecule has 0 aromatic rings. The van der Waals surface area contributed by atoms with Crippen molar-refractivity contribution in [2.45, 2.75) is 112 Å². The Morgan fingerprint density at radius 1 is 0.680 bits per heavy atom. The van der Waals surface area contributed by atoms with Crippen LogP contribution in [0.2, 0.25) is 0 Å². The summed E-state index contributed by atoms with van der Waals surface area (Å²) < 4.78 is 12.0. The van der Waals surface area contributed by atoms with E-state index in [1.54, 1.807) is 0 Å². The fourth-order valence-corrected chi connectivity index (χ4v) is 3.67. The fraction of sp³-hybridized carbons (Fsp3) is 1.00. The van der Waals surface area contributed by atoms with Crippen LogP contribution in [-0.4, -0.2) is 19.0 Å². The van der Waals surface area contributed by atoms with E-state index in [1.807, 2.05) is 0 Å². The van der Waals surface area contributed by atoms with Crippen molar-refractivity contribution >= 4 is 0 Å². The topological polar surface area (TPSA) is 18.5 Å². The first kappa shape index (κ1) is 23.0. The molecule has 1 aliphatic heterocycles. The molecule has 0 radical (unpaired) electrons. The smallest absolute Gasteiger partial charge is 0.165 e. The molecular formula is C23H46O2. The van der Waals surface area contributed by atoms with Crippen molar-refractivity contribution in [2.24, 2.45) is 23.2 Å². The third-order valence-electron chi connectivity index (χ3n) is 5.74. The van der Waals surface area contributed by atoms with Gasteiger partial charge in [-0.25, -0.2) is 0 Å². The van der Waals surface area contributed by atoms with E-state index in [-0.39, 0.29) is 11.2 Å². The van der Waals surface area contributed by atoms with Gasteiger partial charge in [-0.3, -0.25) is 0 Å². The second-order valence-electron chi connectivity index (χ2n) is 10.2. The van der Waals surface area contributed by atoms with Gasteiger partial charge in [0, 0.05) is 11.8 Å². The van der Waals surface area contributed by atoms with Gasteiger partial charge >= 0.3 is 0 Å². The minimum atomic E-state index is -0.347. The van der Waals surface area contributed by atoms with E-state index in [0.717, 1.165) is 37.4 Å². The molecule has 0 aromatic carbocycles. The van der Waals surface area contributed by atoms with Gasteiger partial charge in [-0.1, -0.05) is 86.5 Å². The highest BCUT2D eigenvalue weighted by molar-refractivity contribution is 4.77. The first-order valence-electron chi connectivity index (χ1n) is 10.9. The van der Waals surface area contributed by atoms with Gasteiger partial charge in [0.2, 0.25) is 0 Å². The highest BCUT2D eigenvalue weighted by Crippen LogP contribution is 2.33. The van der Waals surface area contributed by atoms with Gasteiger partial charge in [0.25, 0.3) is 0 Å². The van der Waals surface area contributed by atoms with Crippen LogP contribution in [0.4, 0.5) is 0 Å². The highest BCUT2D eigenvalue weighted by atomic mass is 16.7. The molecule has 1 fully saturated rings. The van der Waals surface area contributed by atoms with Crippen molar-refractivity contribution in [1.82, 2.24) is 0 Å². The molecule has 1 aliphatic rings. The Morgan fingerprint density at radius 3 is 1.60 bits per heavy atom. The van der Waals surface area contributed by atoms with Crippen LogP contribution in [0.25, 0.3) is 0 Å². The summed E-state index contributed by atoms with van der Waals surface area (Å²) in [7, 11) is 0. The summed E-state index contributed by atoms with van der Waals surface area (Å²) >= 11 is 0. The van der Waals surface area contributed by atoms with Gasteiger partial charge in [-0.2, -0.15) is 0 Å². The Labute approximate surface area is 158 Å². The minimum absolute atomic E-state index is 0.165. The van der Waals surface area contributed by atoms with Crippen molar-refractivity contribution in [3.63, 3.8) is 0 Å². The van der Waals surface area contributed by atoms with Crippen molar-refractivity contribution in [1.29, 1.82) is 0 Å². The Balaban J connectivity index is 2.06. The van der Waals surface area contributed by atoms with E-state index in [9.17, 15) is 0 Å². The zero-order valence-corrected chi connectivity index (χ0v) is 18.3. The van der Waals surface area contributed by atoms with Crippen LogP contribution >= 0.6 is 0 Å². The molecule has 2 atom stereocenters. The molecular weight excluding hydrogens is 308 g/mol. The number of hydrogen-bond acceptors (Lipinski definition) is 2. The Kier molecular flexibility index (Phi) is 10.0. The van der Waals surface area contributed by atoms with E-state index in [0.29, 0.717) is 0 Å². The lowest BCUT2D eigenvalue weighted by Crippen LogP contribution is -2.45. The van der Waals surface area contributed by atoms with Crippen LogP contribution in [0, 0.1) is 23.2 Å². The van der Waals surface area contributed by atoms with Gasteiger partial charge in [-0.05, 0) is 31.1 Å². The summed E-state index contributed by atoms with van der Waals surface area (Å²) in [6.07, 6.45) is 11.9. The van der Waals surface area contributed by atoms with E-state index in [1.165, 1.54) is 51.4 Å². The van der Waals surface area contributed by atoms with Gasteiger partial charge in [0.05, 0.1) is 13.2 Å². The molecule has 0 aromatic heterocycles.